The average molecular weight is 404 g/mol. The minimum Gasteiger partial charge on any atom is -0.356 e. The highest BCUT2D eigenvalue weighted by molar-refractivity contribution is 7.99. The molecule has 0 radical (unpaired) electrons. The van der Waals surface area contributed by atoms with Gasteiger partial charge in [-0.3, -0.25) is 4.79 Å². The molecule has 1 aromatic carbocycles. The van der Waals surface area contributed by atoms with E-state index in [4.69, 9.17) is 16.1 Å². The van der Waals surface area contributed by atoms with E-state index in [-0.39, 0.29) is 5.91 Å². The van der Waals surface area contributed by atoms with E-state index in [2.05, 4.69) is 20.7 Å². The Morgan fingerprint density at radius 1 is 1.37 bits per heavy atom. The molecule has 0 spiro atoms. The number of nitrogens with one attached hydrogen (secondary N) is 1. The van der Waals surface area contributed by atoms with E-state index >= 15 is 0 Å². The lowest BCUT2D eigenvalue weighted by atomic mass is 10.0. The Labute approximate surface area is 165 Å². The van der Waals surface area contributed by atoms with Gasteiger partial charge in [-0.25, -0.2) is 0 Å². The van der Waals surface area contributed by atoms with Crippen LogP contribution in [0.3, 0.4) is 0 Å². The van der Waals surface area contributed by atoms with Crippen molar-refractivity contribution in [2.75, 3.05) is 12.3 Å². The van der Waals surface area contributed by atoms with Crippen LogP contribution in [0.4, 0.5) is 0 Å². The lowest BCUT2D eigenvalue weighted by molar-refractivity contribution is -0.123. The van der Waals surface area contributed by atoms with Gasteiger partial charge in [-0.15, -0.1) is 10.2 Å². The summed E-state index contributed by atoms with van der Waals surface area (Å²) in [5.74, 6) is 1.36. The molecular formula is C18H18ClN5O2S. The normalized spacial score (nSPS) is 14.9. The number of thioether (sulfide) groups is 1. The Morgan fingerprint density at radius 2 is 2.15 bits per heavy atom. The molecule has 0 atom stereocenters. The molecule has 2 heterocycles. The highest BCUT2D eigenvalue weighted by atomic mass is 35.5. The van der Waals surface area contributed by atoms with Crippen molar-refractivity contribution in [3.63, 3.8) is 0 Å². The van der Waals surface area contributed by atoms with Crippen LogP contribution in [-0.4, -0.2) is 38.1 Å². The van der Waals surface area contributed by atoms with Crippen LogP contribution >= 0.6 is 23.4 Å². The van der Waals surface area contributed by atoms with Gasteiger partial charge in [-0.05, 0) is 37.1 Å². The summed E-state index contributed by atoms with van der Waals surface area (Å²) in [6.07, 6.45) is 3.21. The van der Waals surface area contributed by atoms with E-state index in [0.717, 1.165) is 29.3 Å². The Morgan fingerprint density at radius 3 is 2.81 bits per heavy atom. The number of carbonyl (C=O) groups excluding carboxylic acids is 1. The maximum absolute atomic E-state index is 12.7. The number of hydrogen-bond donors (Lipinski definition) is 1. The van der Waals surface area contributed by atoms with Crippen molar-refractivity contribution in [3.05, 3.63) is 47.4 Å². The summed E-state index contributed by atoms with van der Waals surface area (Å²) < 4.78 is 7.31. The van der Waals surface area contributed by atoms with Crippen molar-refractivity contribution >= 4 is 29.3 Å². The summed E-state index contributed by atoms with van der Waals surface area (Å²) in [5.41, 5.74) is 1.00. The van der Waals surface area contributed by atoms with Gasteiger partial charge in [0.2, 0.25) is 5.91 Å². The van der Waals surface area contributed by atoms with Gasteiger partial charge < -0.3 is 14.4 Å². The topological polar surface area (TPSA) is 85.8 Å². The Kier molecular flexibility index (Phi) is 4.92. The molecule has 4 rings (SSSR count). The number of rotatable bonds is 7. The van der Waals surface area contributed by atoms with Crippen LogP contribution in [-0.2, 0) is 17.3 Å². The summed E-state index contributed by atoms with van der Waals surface area (Å²) >= 11 is 7.48. The van der Waals surface area contributed by atoms with E-state index in [1.165, 1.54) is 0 Å². The largest absolute Gasteiger partial charge is 0.356 e. The molecule has 0 saturated heterocycles. The van der Waals surface area contributed by atoms with E-state index < -0.39 is 5.41 Å². The fraction of sp³-hybridized carbons (Fsp3) is 0.333. The second-order valence-corrected chi connectivity index (χ2v) is 7.99. The monoisotopic (exact) mass is 403 g/mol. The van der Waals surface area contributed by atoms with Crippen molar-refractivity contribution < 1.29 is 9.32 Å². The molecule has 140 valence electrons. The number of nitrogens with zero attached hydrogens (tertiary/aromatic N) is 4. The molecule has 0 aliphatic heterocycles. The third-order valence-corrected chi connectivity index (χ3v) is 5.89. The first-order chi connectivity index (χ1) is 13.1. The second-order valence-electron chi connectivity index (χ2n) is 6.49. The van der Waals surface area contributed by atoms with Crippen LogP contribution in [0.1, 0.15) is 18.5 Å². The molecule has 1 aliphatic rings. The lowest BCUT2D eigenvalue weighted by Crippen LogP contribution is -2.36. The molecule has 0 bridgehead atoms. The molecule has 9 heteroatoms. The van der Waals surface area contributed by atoms with Gasteiger partial charge in [-0.1, -0.05) is 28.5 Å². The van der Waals surface area contributed by atoms with Gasteiger partial charge in [0.25, 0.3) is 0 Å². The van der Waals surface area contributed by atoms with Gasteiger partial charge in [0.05, 0.1) is 11.1 Å². The molecule has 3 aromatic rings. The van der Waals surface area contributed by atoms with Crippen LogP contribution in [0.5, 0.6) is 0 Å². The SMILES string of the molecule is Cn1cnnc1SCCNC(=O)C1(c2cc(-c3ccc(Cl)cc3)on2)CC1. The number of hydrogen-bond acceptors (Lipinski definition) is 6. The predicted octanol–water partition coefficient (Wildman–Crippen LogP) is 3.06. The lowest BCUT2D eigenvalue weighted by Gasteiger charge is -2.12. The number of benzene rings is 1. The first-order valence-electron chi connectivity index (χ1n) is 8.57. The standard InChI is InChI=1S/C18H18ClN5O2S/c1-24-11-21-22-17(24)27-9-8-20-16(25)18(6-7-18)15-10-14(26-23-15)12-2-4-13(19)5-3-12/h2-5,10-11H,6-9H2,1H3,(H,20,25). The summed E-state index contributed by atoms with van der Waals surface area (Å²) in [6.45, 7) is 0.556. The molecule has 1 amide bonds. The summed E-state index contributed by atoms with van der Waals surface area (Å²) in [7, 11) is 1.89. The average Bonchev–Trinajstić information content (AvgIpc) is 3.14. The highest BCUT2D eigenvalue weighted by Gasteiger charge is 2.53. The minimum atomic E-state index is -0.566. The molecule has 27 heavy (non-hydrogen) atoms. The molecule has 1 aliphatic carbocycles. The summed E-state index contributed by atoms with van der Waals surface area (Å²) in [5, 5.41) is 16.5. The number of halogens is 1. The molecule has 2 aromatic heterocycles. The number of aryl methyl sites for hydroxylation is 1. The van der Waals surface area contributed by atoms with Crippen molar-refractivity contribution in [2.45, 2.75) is 23.4 Å². The van der Waals surface area contributed by atoms with Crippen molar-refractivity contribution in [1.29, 1.82) is 0 Å². The molecule has 1 fully saturated rings. The third-order valence-electron chi connectivity index (χ3n) is 4.60. The van der Waals surface area contributed by atoms with Gasteiger partial charge in [0.15, 0.2) is 10.9 Å². The number of amides is 1. The summed E-state index contributed by atoms with van der Waals surface area (Å²) in [6, 6.07) is 9.19. The fourth-order valence-electron chi connectivity index (χ4n) is 2.85. The molecule has 1 saturated carbocycles. The zero-order chi connectivity index (χ0) is 18.9. The Bertz CT molecular complexity index is 949. The van der Waals surface area contributed by atoms with Crippen LogP contribution in [0, 0.1) is 0 Å². The van der Waals surface area contributed by atoms with Crippen LogP contribution in [0.15, 0.2) is 46.3 Å². The zero-order valence-electron chi connectivity index (χ0n) is 14.7. The van der Waals surface area contributed by atoms with Crippen molar-refractivity contribution in [2.24, 2.45) is 7.05 Å². The van der Waals surface area contributed by atoms with Gasteiger partial charge in [-0.2, -0.15) is 0 Å². The third kappa shape index (κ3) is 3.72. The second kappa shape index (κ2) is 7.36. The quantitative estimate of drug-likeness (QED) is 0.482. The Hall–Kier alpha value is -2.32. The van der Waals surface area contributed by atoms with Crippen LogP contribution < -0.4 is 5.32 Å². The number of aromatic nitrogens is 4. The van der Waals surface area contributed by atoms with E-state index in [1.54, 1.807) is 30.2 Å². The molecule has 7 nitrogen and oxygen atoms in total. The van der Waals surface area contributed by atoms with E-state index in [1.807, 2.05) is 29.8 Å². The maximum atomic E-state index is 12.7. The van der Waals surface area contributed by atoms with Gasteiger partial charge >= 0.3 is 0 Å². The molecule has 1 N–H and O–H groups in total. The van der Waals surface area contributed by atoms with E-state index in [0.29, 0.717) is 23.0 Å². The van der Waals surface area contributed by atoms with Crippen LogP contribution in [0.25, 0.3) is 11.3 Å². The number of carbonyl (C=O) groups is 1. The van der Waals surface area contributed by atoms with Crippen molar-refractivity contribution in [3.8, 4) is 11.3 Å². The first kappa shape index (κ1) is 18.1. The van der Waals surface area contributed by atoms with Gasteiger partial charge in [0, 0.05) is 36.0 Å². The smallest absolute Gasteiger partial charge is 0.232 e. The fourth-order valence-corrected chi connectivity index (χ4v) is 3.72. The predicted molar refractivity (Wildman–Crippen MR) is 103 cm³/mol. The Balaban J connectivity index is 1.36. The first-order valence-corrected chi connectivity index (χ1v) is 9.93. The molecular weight excluding hydrogens is 386 g/mol. The van der Waals surface area contributed by atoms with Crippen LogP contribution in [0.2, 0.25) is 5.02 Å². The minimum absolute atomic E-state index is 0.00276. The maximum Gasteiger partial charge on any atom is 0.232 e. The highest BCUT2D eigenvalue weighted by Crippen LogP contribution is 2.48. The van der Waals surface area contributed by atoms with Gasteiger partial charge in [0.1, 0.15) is 6.33 Å². The molecule has 0 unspecified atom stereocenters. The van der Waals surface area contributed by atoms with E-state index in [9.17, 15) is 4.79 Å². The summed E-state index contributed by atoms with van der Waals surface area (Å²) in [4.78, 5) is 12.7. The zero-order valence-corrected chi connectivity index (χ0v) is 16.3. The van der Waals surface area contributed by atoms with Crippen molar-refractivity contribution in [1.82, 2.24) is 25.2 Å².